The number of nitrogens with zero attached hydrogens (tertiary/aromatic N) is 2. The molecule has 2 amide bonds. The van der Waals surface area contributed by atoms with Gasteiger partial charge in [0.1, 0.15) is 12.4 Å². The van der Waals surface area contributed by atoms with Crippen molar-refractivity contribution in [2.75, 3.05) is 19.7 Å². The Morgan fingerprint density at radius 1 is 1.14 bits per heavy atom. The van der Waals surface area contributed by atoms with Crippen LogP contribution in [0.4, 0.5) is 0 Å². The molecule has 6 nitrogen and oxygen atoms in total. The highest BCUT2D eigenvalue weighted by atomic mass is 16.5. The Morgan fingerprint density at radius 3 is 2.62 bits per heavy atom. The van der Waals surface area contributed by atoms with E-state index < -0.39 is 0 Å². The van der Waals surface area contributed by atoms with Crippen molar-refractivity contribution in [1.82, 2.24) is 10.3 Å². The second kappa shape index (κ2) is 10.2. The Bertz CT molecular complexity index is 872. The first-order chi connectivity index (χ1) is 14.2. The van der Waals surface area contributed by atoms with Gasteiger partial charge in [-0.2, -0.15) is 5.10 Å². The summed E-state index contributed by atoms with van der Waals surface area (Å²) in [6.45, 7) is 5.19. The van der Waals surface area contributed by atoms with E-state index in [0.29, 0.717) is 38.1 Å². The summed E-state index contributed by atoms with van der Waals surface area (Å²) in [5.41, 5.74) is 4.12. The quantitative estimate of drug-likeness (QED) is 0.447. The molecule has 0 atom stereocenters. The minimum atomic E-state index is -0.144. The van der Waals surface area contributed by atoms with Gasteiger partial charge in [0.25, 0.3) is 5.91 Å². The van der Waals surface area contributed by atoms with Gasteiger partial charge in [-0.25, -0.2) is 5.43 Å². The minimum Gasteiger partial charge on any atom is -0.490 e. The largest absolute Gasteiger partial charge is 0.490 e. The number of hydrogen-bond acceptors (Lipinski definition) is 4. The molecule has 0 spiro atoms. The third kappa shape index (κ3) is 5.78. The van der Waals surface area contributed by atoms with E-state index in [-0.39, 0.29) is 17.7 Å². The second-order valence-electron chi connectivity index (χ2n) is 6.84. The lowest BCUT2D eigenvalue weighted by Crippen LogP contribution is -2.42. The number of hydrazone groups is 1. The van der Waals surface area contributed by atoms with Crippen molar-refractivity contribution in [3.63, 3.8) is 0 Å². The molecule has 0 unspecified atom stereocenters. The SMILES string of the molecule is C=CCOc1cccc(/C=N\NC(=O)C2CCN(C(=O)c3ccccc3)CC2)c1. The summed E-state index contributed by atoms with van der Waals surface area (Å²) in [5.74, 6) is 0.470. The topological polar surface area (TPSA) is 71.0 Å². The van der Waals surface area contributed by atoms with Crippen LogP contribution in [0, 0.1) is 5.92 Å². The summed E-state index contributed by atoms with van der Waals surface area (Å²) in [7, 11) is 0. The highest BCUT2D eigenvalue weighted by molar-refractivity contribution is 5.94. The van der Waals surface area contributed by atoms with Crippen molar-refractivity contribution in [2.45, 2.75) is 12.8 Å². The third-order valence-electron chi connectivity index (χ3n) is 4.79. The number of carbonyl (C=O) groups is 2. The molecular formula is C23H25N3O3. The van der Waals surface area contributed by atoms with E-state index in [4.69, 9.17) is 4.74 Å². The number of likely N-dealkylation sites (tertiary alicyclic amines) is 1. The number of nitrogens with one attached hydrogen (secondary N) is 1. The first-order valence-electron chi connectivity index (χ1n) is 9.68. The number of amides is 2. The fourth-order valence-corrected chi connectivity index (χ4v) is 3.21. The first kappa shape index (κ1) is 20.3. The fourth-order valence-electron chi connectivity index (χ4n) is 3.21. The van der Waals surface area contributed by atoms with Crippen LogP contribution in [0.25, 0.3) is 0 Å². The van der Waals surface area contributed by atoms with Crippen LogP contribution in [-0.2, 0) is 4.79 Å². The highest BCUT2D eigenvalue weighted by Gasteiger charge is 2.27. The van der Waals surface area contributed by atoms with Crippen LogP contribution < -0.4 is 10.2 Å². The molecule has 0 radical (unpaired) electrons. The predicted molar refractivity (Wildman–Crippen MR) is 113 cm³/mol. The zero-order valence-corrected chi connectivity index (χ0v) is 16.3. The van der Waals surface area contributed by atoms with Gasteiger partial charge in [0.05, 0.1) is 6.21 Å². The summed E-state index contributed by atoms with van der Waals surface area (Å²) in [4.78, 5) is 26.7. The van der Waals surface area contributed by atoms with Gasteiger partial charge in [-0.15, -0.1) is 0 Å². The smallest absolute Gasteiger partial charge is 0.253 e. The number of piperidine rings is 1. The summed E-state index contributed by atoms with van der Waals surface area (Å²) < 4.78 is 5.48. The maximum absolute atomic E-state index is 12.5. The lowest BCUT2D eigenvalue weighted by Gasteiger charge is -2.31. The Hall–Kier alpha value is -3.41. The van der Waals surface area contributed by atoms with Gasteiger partial charge in [0.2, 0.25) is 5.91 Å². The molecule has 0 saturated carbocycles. The van der Waals surface area contributed by atoms with Gasteiger partial charge in [0, 0.05) is 24.6 Å². The lowest BCUT2D eigenvalue weighted by atomic mass is 9.95. The van der Waals surface area contributed by atoms with Gasteiger partial charge in [-0.05, 0) is 42.7 Å². The maximum Gasteiger partial charge on any atom is 0.253 e. The Labute approximate surface area is 170 Å². The van der Waals surface area contributed by atoms with E-state index >= 15 is 0 Å². The Kier molecular flexibility index (Phi) is 7.16. The predicted octanol–water partition coefficient (Wildman–Crippen LogP) is 3.25. The molecule has 1 N–H and O–H groups in total. The van der Waals surface area contributed by atoms with Gasteiger partial charge in [-0.3, -0.25) is 9.59 Å². The molecular weight excluding hydrogens is 366 g/mol. The Morgan fingerprint density at radius 2 is 1.90 bits per heavy atom. The van der Waals surface area contributed by atoms with E-state index in [2.05, 4.69) is 17.1 Å². The van der Waals surface area contributed by atoms with E-state index in [1.165, 1.54) is 0 Å². The molecule has 150 valence electrons. The zero-order valence-electron chi connectivity index (χ0n) is 16.3. The fraction of sp³-hybridized carbons (Fsp3) is 0.261. The highest BCUT2D eigenvalue weighted by Crippen LogP contribution is 2.19. The van der Waals surface area contributed by atoms with Crippen molar-refractivity contribution in [3.8, 4) is 5.75 Å². The van der Waals surface area contributed by atoms with Crippen molar-refractivity contribution in [3.05, 3.63) is 78.4 Å². The summed E-state index contributed by atoms with van der Waals surface area (Å²) in [5, 5.41) is 4.06. The monoisotopic (exact) mass is 391 g/mol. The molecule has 6 heteroatoms. The van der Waals surface area contributed by atoms with Gasteiger partial charge < -0.3 is 9.64 Å². The van der Waals surface area contributed by atoms with Crippen LogP contribution >= 0.6 is 0 Å². The average Bonchev–Trinajstić information content (AvgIpc) is 2.78. The second-order valence-corrected chi connectivity index (χ2v) is 6.84. The van der Waals surface area contributed by atoms with Crippen LogP contribution in [0.1, 0.15) is 28.8 Å². The zero-order chi connectivity index (χ0) is 20.5. The summed E-state index contributed by atoms with van der Waals surface area (Å²) in [6.07, 6.45) is 4.53. The average molecular weight is 391 g/mol. The van der Waals surface area contributed by atoms with Crippen LogP contribution in [-0.4, -0.2) is 42.6 Å². The summed E-state index contributed by atoms with van der Waals surface area (Å²) in [6, 6.07) is 16.7. The molecule has 1 aliphatic heterocycles. The summed E-state index contributed by atoms with van der Waals surface area (Å²) >= 11 is 0. The van der Waals surface area contributed by atoms with Crippen LogP contribution in [0.3, 0.4) is 0 Å². The van der Waals surface area contributed by atoms with Crippen molar-refractivity contribution < 1.29 is 14.3 Å². The normalized spacial score (nSPS) is 14.6. The van der Waals surface area contributed by atoms with E-state index in [1.807, 2.05) is 54.6 Å². The number of ether oxygens (including phenoxy) is 1. The molecule has 1 fully saturated rings. The van der Waals surface area contributed by atoms with Gasteiger partial charge in [0.15, 0.2) is 0 Å². The standard InChI is InChI=1S/C23H25N3O3/c1-2-15-29-21-10-6-7-18(16-21)17-24-25-22(27)19-11-13-26(14-12-19)23(28)20-8-4-3-5-9-20/h2-10,16-17,19H,1,11-15H2,(H,25,27)/b24-17-. The van der Waals surface area contributed by atoms with Crippen molar-refractivity contribution >= 4 is 18.0 Å². The number of hydrogen-bond donors (Lipinski definition) is 1. The molecule has 2 aromatic carbocycles. The minimum absolute atomic E-state index is 0.0148. The molecule has 29 heavy (non-hydrogen) atoms. The number of benzene rings is 2. The molecule has 2 aromatic rings. The van der Waals surface area contributed by atoms with Crippen LogP contribution in [0.2, 0.25) is 0 Å². The Balaban J connectivity index is 1.47. The molecule has 0 aromatic heterocycles. The van der Waals surface area contributed by atoms with Crippen molar-refractivity contribution in [1.29, 1.82) is 0 Å². The molecule has 0 bridgehead atoms. The molecule has 1 saturated heterocycles. The van der Waals surface area contributed by atoms with E-state index in [1.54, 1.807) is 17.2 Å². The molecule has 0 aliphatic carbocycles. The van der Waals surface area contributed by atoms with Crippen molar-refractivity contribution in [2.24, 2.45) is 11.0 Å². The number of carbonyl (C=O) groups excluding carboxylic acids is 2. The van der Waals surface area contributed by atoms with Crippen LogP contribution in [0.15, 0.2) is 72.4 Å². The number of rotatable bonds is 7. The molecule has 1 heterocycles. The first-order valence-corrected chi connectivity index (χ1v) is 9.68. The third-order valence-corrected chi connectivity index (χ3v) is 4.79. The maximum atomic E-state index is 12.5. The van der Waals surface area contributed by atoms with Gasteiger partial charge in [-0.1, -0.05) is 43.0 Å². The molecule has 3 rings (SSSR count). The van der Waals surface area contributed by atoms with Gasteiger partial charge >= 0.3 is 0 Å². The van der Waals surface area contributed by atoms with E-state index in [0.717, 1.165) is 11.3 Å². The van der Waals surface area contributed by atoms with Crippen LogP contribution in [0.5, 0.6) is 5.75 Å². The lowest BCUT2D eigenvalue weighted by molar-refractivity contribution is -0.126. The van der Waals surface area contributed by atoms with E-state index in [9.17, 15) is 9.59 Å². The molecule has 1 aliphatic rings.